The molecule has 0 aliphatic heterocycles. The number of rotatable bonds is 11. The van der Waals surface area contributed by atoms with Crippen LogP contribution in [0.4, 0.5) is 0 Å². The first-order valence-electron chi connectivity index (χ1n) is 14.8. The Balaban J connectivity index is 1.49. The molecule has 0 amide bonds. The highest BCUT2D eigenvalue weighted by molar-refractivity contribution is 8.76. The van der Waals surface area contributed by atoms with E-state index in [-0.39, 0.29) is 0 Å². The summed E-state index contributed by atoms with van der Waals surface area (Å²) in [6.45, 7) is 0. The Morgan fingerprint density at radius 2 is 0.522 bits per heavy atom. The zero-order chi connectivity index (χ0) is 31.9. The molecule has 0 N–H and O–H groups in total. The second-order valence-corrected chi connectivity index (χ2v) is 12.6. The number of methoxy groups -OCH3 is 4. The van der Waals surface area contributed by atoms with Gasteiger partial charge in [-0.05, 0) is 93.0 Å². The van der Waals surface area contributed by atoms with Crippen molar-refractivity contribution < 1.29 is 18.9 Å². The molecule has 0 fully saturated rings. The van der Waals surface area contributed by atoms with Crippen molar-refractivity contribution in [1.82, 2.24) is 0 Å². The van der Waals surface area contributed by atoms with Crippen LogP contribution in [0.25, 0.3) is 44.5 Å². The number of hydrogen-bond acceptors (Lipinski definition) is 6. The summed E-state index contributed by atoms with van der Waals surface area (Å²) in [6.07, 6.45) is 0. The fraction of sp³-hybridized carbons (Fsp3) is 0.100. The summed E-state index contributed by atoms with van der Waals surface area (Å²) in [4.78, 5) is 2.35. The molecule has 0 aliphatic rings. The van der Waals surface area contributed by atoms with Crippen LogP contribution in [0.1, 0.15) is 0 Å². The van der Waals surface area contributed by atoms with Crippen LogP contribution in [-0.4, -0.2) is 28.4 Å². The Bertz CT molecular complexity index is 1630. The van der Waals surface area contributed by atoms with Crippen molar-refractivity contribution in [2.45, 2.75) is 9.79 Å². The van der Waals surface area contributed by atoms with Crippen LogP contribution in [0.3, 0.4) is 0 Å². The van der Waals surface area contributed by atoms with Crippen molar-refractivity contribution in [1.29, 1.82) is 0 Å². The summed E-state index contributed by atoms with van der Waals surface area (Å²) in [5.74, 6) is 3.32. The maximum Gasteiger partial charge on any atom is 0.118 e. The molecular formula is C40H34O4S2. The van der Waals surface area contributed by atoms with Gasteiger partial charge in [-0.3, -0.25) is 0 Å². The lowest BCUT2D eigenvalue weighted by Crippen LogP contribution is -1.91. The van der Waals surface area contributed by atoms with Crippen molar-refractivity contribution in [3.05, 3.63) is 133 Å². The first kappa shape index (κ1) is 31.2. The predicted molar refractivity (Wildman–Crippen MR) is 193 cm³/mol. The zero-order valence-electron chi connectivity index (χ0n) is 26.2. The van der Waals surface area contributed by atoms with Gasteiger partial charge in [0.2, 0.25) is 0 Å². The van der Waals surface area contributed by atoms with Gasteiger partial charge in [-0.15, -0.1) is 0 Å². The van der Waals surface area contributed by atoms with Gasteiger partial charge in [-0.2, -0.15) is 0 Å². The van der Waals surface area contributed by atoms with Gasteiger partial charge in [-0.25, -0.2) is 0 Å². The quantitative estimate of drug-likeness (QED) is 0.131. The third kappa shape index (κ3) is 6.74. The van der Waals surface area contributed by atoms with Crippen LogP contribution in [-0.2, 0) is 0 Å². The summed E-state index contributed by atoms with van der Waals surface area (Å²) in [7, 11) is 10.3. The standard InChI is InChI=1S/C40H34O4S2/c1-41-31-19-11-27(12-20-31)35-7-5-8-36(28-13-21-32(42-2)22-14-28)39(35)45-46-40-37(29-15-23-33(43-3)24-16-29)9-6-10-38(40)30-17-25-34(44-4)26-18-30/h5-26H,1-4H3. The lowest BCUT2D eigenvalue weighted by atomic mass is 9.98. The summed E-state index contributed by atoms with van der Waals surface area (Å²) in [5.41, 5.74) is 9.11. The molecule has 0 bridgehead atoms. The van der Waals surface area contributed by atoms with Crippen molar-refractivity contribution in [3.8, 4) is 67.5 Å². The topological polar surface area (TPSA) is 36.9 Å². The van der Waals surface area contributed by atoms with Gasteiger partial charge in [0.15, 0.2) is 0 Å². The second kappa shape index (κ2) is 14.5. The van der Waals surface area contributed by atoms with E-state index in [0.717, 1.165) is 67.5 Å². The molecule has 6 rings (SSSR count). The third-order valence-electron chi connectivity index (χ3n) is 7.84. The fourth-order valence-electron chi connectivity index (χ4n) is 5.33. The monoisotopic (exact) mass is 642 g/mol. The Hall–Kier alpha value is -4.78. The maximum absolute atomic E-state index is 5.46. The average molecular weight is 643 g/mol. The summed E-state index contributed by atoms with van der Waals surface area (Å²) >= 11 is 0. The Kier molecular flexibility index (Phi) is 9.87. The molecule has 6 aromatic rings. The van der Waals surface area contributed by atoms with Gasteiger partial charge in [0, 0.05) is 9.79 Å². The van der Waals surface area contributed by atoms with Crippen molar-refractivity contribution in [2.75, 3.05) is 28.4 Å². The van der Waals surface area contributed by atoms with Gasteiger partial charge in [-0.1, -0.05) is 107 Å². The highest BCUT2D eigenvalue weighted by Gasteiger charge is 2.18. The highest BCUT2D eigenvalue weighted by atomic mass is 33.1. The van der Waals surface area contributed by atoms with E-state index in [1.54, 1.807) is 50.0 Å². The molecule has 6 heteroatoms. The average Bonchev–Trinajstić information content (AvgIpc) is 3.14. The predicted octanol–water partition coefficient (Wildman–Crippen LogP) is 11.2. The van der Waals surface area contributed by atoms with E-state index in [9.17, 15) is 0 Å². The minimum Gasteiger partial charge on any atom is -0.497 e. The Labute approximate surface area is 278 Å². The second-order valence-electron chi connectivity index (χ2n) is 10.4. The molecule has 230 valence electrons. The molecule has 0 saturated heterocycles. The molecule has 0 radical (unpaired) electrons. The minimum absolute atomic E-state index is 0.830. The highest BCUT2D eigenvalue weighted by Crippen LogP contribution is 2.51. The maximum atomic E-state index is 5.46. The molecule has 0 unspecified atom stereocenters. The van der Waals surface area contributed by atoms with Crippen LogP contribution in [0.15, 0.2) is 143 Å². The normalized spacial score (nSPS) is 10.8. The van der Waals surface area contributed by atoms with E-state index in [4.69, 9.17) is 18.9 Å². The van der Waals surface area contributed by atoms with E-state index >= 15 is 0 Å². The minimum atomic E-state index is 0.830. The fourth-order valence-corrected chi connectivity index (χ4v) is 8.18. The number of benzene rings is 6. The van der Waals surface area contributed by atoms with E-state index in [1.807, 2.05) is 48.5 Å². The van der Waals surface area contributed by atoms with Gasteiger partial charge in [0.25, 0.3) is 0 Å². The lowest BCUT2D eigenvalue weighted by molar-refractivity contribution is 0.414. The van der Waals surface area contributed by atoms with Crippen LogP contribution < -0.4 is 18.9 Å². The SMILES string of the molecule is COc1ccc(-c2cccc(-c3ccc(OC)cc3)c2SSc2c(-c3ccc(OC)cc3)cccc2-c2ccc(OC)cc2)cc1. The van der Waals surface area contributed by atoms with E-state index in [1.165, 1.54) is 9.79 Å². The number of hydrogen-bond donors (Lipinski definition) is 0. The smallest absolute Gasteiger partial charge is 0.118 e. The molecule has 0 heterocycles. The van der Waals surface area contributed by atoms with E-state index in [0.29, 0.717) is 0 Å². The van der Waals surface area contributed by atoms with Crippen molar-refractivity contribution in [2.24, 2.45) is 0 Å². The molecule has 4 nitrogen and oxygen atoms in total. The molecule has 0 saturated carbocycles. The van der Waals surface area contributed by atoms with Gasteiger partial charge < -0.3 is 18.9 Å². The molecule has 0 aliphatic carbocycles. The van der Waals surface area contributed by atoms with Crippen molar-refractivity contribution in [3.63, 3.8) is 0 Å². The Morgan fingerprint density at radius 3 is 0.717 bits per heavy atom. The zero-order valence-corrected chi connectivity index (χ0v) is 27.8. The molecule has 0 atom stereocenters. The van der Waals surface area contributed by atoms with Gasteiger partial charge in [0.05, 0.1) is 28.4 Å². The Morgan fingerprint density at radius 1 is 0.304 bits per heavy atom. The largest absolute Gasteiger partial charge is 0.497 e. The van der Waals surface area contributed by atoms with Gasteiger partial charge in [0.1, 0.15) is 23.0 Å². The first-order chi connectivity index (χ1) is 22.6. The van der Waals surface area contributed by atoms with Crippen LogP contribution in [0.2, 0.25) is 0 Å². The molecule has 6 aromatic carbocycles. The molecular weight excluding hydrogens is 609 g/mol. The third-order valence-corrected chi connectivity index (χ3v) is 10.4. The van der Waals surface area contributed by atoms with Crippen molar-refractivity contribution >= 4 is 21.6 Å². The summed E-state index contributed by atoms with van der Waals surface area (Å²) in [6, 6.07) is 46.1. The summed E-state index contributed by atoms with van der Waals surface area (Å²) in [5, 5.41) is 0. The molecule has 0 aromatic heterocycles. The molecule has 0 spiro atoms. The first-order valence-corrected chi connectivity index (χ1v) is 16.9. The van der Waals surface area contributed by atoms with E-state index in [2.05, 4.69) is 84.9 Å². The lowest BCUT2D eigenvalue weighted by Gasteiger charge is -2.18. The van der Waals surface area contributed by atoms with Crippen LogP contribution in [0, 0.1) is 0 Å². The van der Waals surface area contributed by atoms with E-state index < -0.39 is 0 Å². The summed E-state index contributed by atoms with van der Waals surface area (Å²) < 4.78 is 21.8. The van der Waals surface area contributed by atoms with Crippen LogP contribution >= 0.6 is 21.6 Å². The van der Waals surface area contributed by atoms with Gasteiger partial charge >= 0.3 is 0 Å². The van der Waals surface area contributed by atoms with Crippen LogP contribution in [0.5, 0.6) is 23.0 Å². The number of ether oxygens (including phenoxy) is 4. The molecule has 46 heavy (non-hydrogen) atoms.